The number of carbonyl (C=O) groups excluding carboxylic acids is 1. The Morgan fingerprint density at radius 1 is 1.43 bits per heavy atom. The Morgan fingerprint density at radius 2 is 2.14 bits per heavy atom. The summed E-state index contributed by atoms with van der Waals surface area (Å²) in [5.74, 6) is 1.34. The maximum Gasteiger partial charge on any atom is 0.321 e. The van der Waals surface area contributed by atoms with Gasteiger partial charge in [-0.15, -0.1) is 0 Å². The summed E-state index contributed by atoms with van der Waals surface area (Å²) in [5.41, 5.74) is 1.86. The quantitative estimate of drug-likeness (QED) is 0.906. The van der Waals surface area contributed by atoms with E-state index < -0.39 is 0 Å². The van der Waals surface area contributed by atoms with Crippen LogP contribution >= 0.6 is 0 Å². The molecule has 1 aromatic rings. The van der Waals surface area contributed by atoms with Gasteiger partial charge in [-0.25, -0.2) is 4.79 Å². The van der Waals surface area contributed by atoms with Gasteiger partial charge in [0.1, 0.15) is 12.4 Å². The predicted octanol–water partition coefficient (Wildman–Crippen LogP) is 2.42. The van der Waals surface area contributed by atoms with Crippen molar-refractivity contribution >= 4 is 11.7 Å². The van der Waals surface area contributed by atoms with Crippen LogP contribution < -0.4 is 10.1 Å². The number of nitrogens with zero attached hydrogens (tertiary/aromatic N) is 2. The van der Waals surface area contributed by atoms with Crippen LogP contribution in [0.3, 0.4) is 0 Å². The molecule has 1 aromatic carbocycles. The average molecular weight is 291 g/mol. The zero-order valence-corrected chi connectivity index (χ0v) is 13.3. The molecule has 5 heteroatoms. The second-order valence-electron chi connectivity index (χ2n) is 6.09. The SMILES string of the molecule is Cc1ccc(NC(=O)N2CC(C)C2)c(OCCN(C)C)c1. The van der Waals surface area contributed by atoms with Gasteiger partial charge >= 0.3 is 6.03 Å². The van der Waals surface area contributed by atoms with Gasteiger partial charge in [0.05, 0.1) is 5.69 Å². The summed E-state index contributed by atoms with van der Waals surface area (Å²) in [6, 6.07) is 5.80. The van der Waals surface area contributed by atoms with Crippen molar-refractivity contribution < 1.29 is 9.53 Å². The molecule has 0 aliphatic carbocycles. The van der Waals surface area contributed by atoms with Crippen LogP contribution in [0.1, 0.15) is 12.5 Å². The molecule has 116 valence electrons. The largest absolute Gasteiger partial charge is 0.490 e. The molecule has 0 spiro atoms. The molecule has 2 amide bonds. The van der Waals surface area contributed by atoms with Crippen molar-refractivity contribution in [2.24, 2.45) is 5.92 Å². The number of carbonyl (C=O) groups is 1. The third kappa shape index (κ3) is 4.36. The third-order valence-corrected chi connectivity index (χ3v) is 3.53. The van der Waals surface area contributed by atoms with Crippen molar-refractivity contribution in [3.05, 3.63) is 23.8 Å². The monoisotopic (exact) mass is 291 g/mol. The molecule has 0 unspecified atom stereocenters. The van der Waals surface area contributed by atoms with Gasteiger partial charge in [0, 0.05) is 19.6 Å². The van der Waals surface area contributed by atoms with Crippen molar-refractivity contribution in [1.82, 2.24) is 9.80 Å². The zero-order valence-electron chi connectivity index (χ0n) is 13.3. The van der Waals surface area contributed by atoms with E-state index in [-0.39, 0.29) is 6.03 Å². The minimum Gasteiger partial charge on any atom is -0.490 e. The molecule has 0 saturated carbocycles. The number of rotatable bonds is 5. The molecule has 2 rings (SSSR count). The minimum absolute atomic E-state index is 0.0468. The Labute approximate surface area is 126 Å². The first-order valence-electron chi connectivity index (χ1n) is 7.40. The van der Waals surface area contributed by atoms with E-state index in [1.807, 2.05) is 44.1 Å². The van der Waals surface area contributed by atoms with Crippen molar-refractivity contribution in [2.75, 3.05) is 45.7 Å². The van der Waals surface area contributed by atoms with E-state index in [4.69, 9.17) is 4.74 Å². The lowest BCUT2D eigenvalue weighted by atomic mass is 10.0. The summed E-state index contributed by atoms with van der Waals surface area (Å²) in [7, 11) is 4.01. The van der Waals surface area contributed by atoms with E-state index in [1.54, 1.807) is 0 Å². The molecule has 0 atom stereocenters. The highest BCUT2D eigenvalue weighted by molar-refractivity contribution is 5.91. The van der Waals surface area contributed by atoms with E-state index >= 15 is 0 Å². The van der Waals surface area contributed by atoms with Gasteiger partial charge in [-0.05, 0) is 44.6 Å². The van der Waals surface area contributed by atoms with Gasteiger partial charge < -0.3 is 19.9 Å². The molecule has 1 fully saturated rings. The van der Waals surface area contributed by atoms with Gasteiger partial charge in [0.15, 0.2) is 0 Å². The van der Waals surface area contributed by atoms with E-state index in [9.17, 15) is 4.79 Å². The number of aryl methyl sites for hydroxylation is 1. The second kappa shape index (κ2) is 6.80. The fourth-order valence-electron chi connectivity index (χ4n) is 2.25. The number of anilines is 1. The molecule has 1 heterocycles. The molecular formula is C16H25N3O2. The fourth-order valence-corrected chi connectivity index (χ4v) is 2.25. The number of likely N-dealkylation sites (N-methyl/N-ethyl adjacent to an activating group) is 1. The molecule has 0 radical (unpaired) electrons. The van der Waals surface area contributed by atoms with E-state index in [0.717, 1.165) is 36.6 Å². The third-order valence-electron chi connectivity index (χ3n) is 3.53. The van der Waals surface area contributed by atoms with Gasteiger partial charge in [0.25, 0.3) is 0 Å². The molecule has 21 heavy (non-hydrogen) atoms. The van der Waals surface area contributed by atoms with Crippen LogP contribution in [0.25, 0.3) is 0 Å². The Bertz CT molecular complexity index is 496. The average Bonchev–Trinajstić information content (AvgIpc) is 2.37. The first-order chi connectivity index (χ1) is 9.95. The molecule has 0 bridgehead atoms. The molecule has 1 saturated heterocycles. The number of ether oxygens (including phenoxy) is 1. The highest BCUT2D eigenvalue weighted by Gasteiger charge is 2.27. The molecule has 1 N–H and O–H groups in total. The van der Waals surface area contributed by atoms with E-state index in [0.29, 0.717) is 12.5 Å². The van der Waals surface area contributed by atoms with Crippen LogP contribution in [0.5, 0.6) is 5.75 Å². The zero-order chi connectivity index (χ0) is 15.4. The number of nitrogens with one attached hydrogen (secondary N) is 1. The number of urea groups is 1. The first kappa shape index (κ1) is 15.6. The van der Waals surface area contributed by atoms with E-state index in [1.165, 1.54) is 0 Å². The number of likely N-dealkylation sites (tertiary alicyclic amines) is 1. The van der Waals surface area contributed by atoms with Gasteiger partial charge in [-0.3, -0.25) is 0 Å². The van der Waals surface area contributed by atoms with Crippen LogP contribution in [-0.2, 0) is 0 Å². The molecule has 1 aliphatic heterocycles. The summed E-state index contributed by atoms with van der Waals surface area (Å²) < 4.78 is 5.81. The lowest BCUT2D eigenvalue weighted by Gasteiger charge is -2.37. The van der Waals surface area contributed by atoms with Gasteiger partial charge in [-0.1, -0.05) is 13.0 Å². The summed E-state index contributed by atoms with van der Waals surface area (Å²) in [6.45, 7) is 7.25. The van der Waals surface area contributed by atoms with Crippen molar-refractivity contribution in [3.63, 3.8) is 0 Å². The van der Waals surface area contributed by atoms with Crippen molar-refractivity contribution in [1.29, 1.82) is 0 Å². The van der Waals surface area contributed by atoms with Crippen molar-refractivity contribution in [2.45, 2.75) is 13.8 Å². The van der Waals surface area contributed by atoms with E-state index in [2.05, 4.69) is 17.1 Å². The van der Waals surface area contributed by atoms with Gasteiger partial charge in [-0.2, -0.15) is 0 Å². The normalized spacial score (nSPS) is 15.0. The summed E-state index contributed by atoms with van der Waals surface area (Å²) in [6.07, 6.45) is 0. The Balaban J connectivity index is 1.98. The summed E-state index contributed by atoms with van der Waals surface area (Å²) in [5, 5.41) is 2.95. The topological polar surface area (TPSA) is 44.8 Å². The fraction of sp³-hybridized carbons (Fsp3) is 0.562. The smallest absolute Gasteiger partial charge is 0.321 e. The van der Waals surface area contributed by atoms with Crippen LogP contribution in [0.2, 0.25) is 0 Å². The highest BCUT2D eigenvalue weighted by Crippen LogP contribution is 2.27. The number of hydrogen-bond donors (Lipinski definition) is 1. The minimum atomic E-state index is -0.0468. The Kier molecular flexibility index (Phi) is 5.07. The lowest BCUT2D eigenvalue weighted by Crippen LogP contribution is -2.50. The Hall–Kier alpha value is -1.75. The first-order valence-corrected chi connectivity index (χ1v) is 7.40. The summed E-state index contributed by atoms with van der Waals surface area (Å²) in [4.78, 5) is 16.0. The molecule has 0 aromatic heterocycles. The van der Waals surface area contributed by atoms with Crippen LogP contribution in [0.15, 0.2) is 18.2 Å². The second-order valence-corrected chi connectivity index (χ2v) is 6.09. The van der Waals surface area contributed by atoms with Crippen LogP contribution in [0, 0.1) is 12.8 Å². The molecule has 1 aliphatic rings. The number of hydrogen-bond acceptors (Lipinski definition) is 3. The maximum atomic E-state index is 12.1. The lowest BCUT2D eigenvalue weighted by molar-refractivity contribution is 0.140. The van der Waals surface area contributed by atoms with Crippen molar-refractivity contribution in [3.8, 4) is 5.75 Å². The van der Waals surface area contributed by atoms with Crippen LogP contribution in [0.4, 0.5) is 10.5 Å². The number of benzene rings is 1. The maximum absolute atomic E-state index is 12.1. The highest BCUT2D eigenvalue weighted by atomic mass is 16.5. The predicted molar refractivity (Wildman–Crippen MR) is 85.0 cm³/mol. The van der Waals surface area contributed by atoms with Crippen LogP contribution in [-0.4, -0.2) is 56.2 Å². The standard InChI is InChI=1S/C16H25N3O2/c1-12-5-6-14(15(9-12)21-8-7-18(3)4)17-16(20)19-10-13(2)11-19/h5-6,9,13H,7-8,10-11H2,1-4H3,(H,17,20). The molecular weight excluding hydrogens is 266 g/mol. The summed E-state index contributed by atoms with van der Waals surface area (Å²) >= 11 is 0. The molecule has 5 nitrogen and oxygen atoms in total. The van der Waals surface area contributed by atoms with Gasteiger partial charge in [0.2, 0.25) is 0 Å². The number of amides is 2. The Morgan fingerprint density at radius 3 is 2.76 bits per heavy atom.